The second kappa shape index (κ2) is 10.3. The molecule has 0 bridgehead atoms. The second-order valence-corrected chi connectivity index (χ2v) is 6.18. The van der Waals surface area contributed by atoms with Gasteiger partial charge in [-0.15, -0.1) is 6.58 Å². The van der Waals surface area contributed by atoms with E-state index >= 15 is 0 Å². The Morgan fingerprint density at radius 3 is 2.65 bits per heavy atom. The number of rotatable bonds is 8. The van der Waals surface area contributed by atoms with E-state index < -0.39 is 0 Å². The van der Waals surface area contributed by atoms with Gasteiger partial charge in [-0.25, -0.2) is 4.99 Å². The molecule has 1 atom stereocenters. The Bertz CT molecular complexity index is 404. The topological polar surface area (TPSA) is 51.2 Å². The van der Waals surface area contributed by atoms with E-state index in [1.165, 1.54) is 6.42 Å². The molecule has 1 fully saturated rings. The molecule has 0 aromatic heterocycles. The van der Waals surface area contributed by atoms with Crippen molar-refractivity contribution in [2.75, 3.05) is 59.9 Å². The number of hydrogen-bond donors (Lipinski definition) is 1. The van der Waals surface area contributed by atoms with E-state index in [2.05, 4.69) is 40.5 Å². The van der Waals surface area contributed by atoms with Gasteiger partial charge in [-0.1, -0.05) is 19.9 Å². The number of carbonyl (C=O) groups excluding carboxylic acids is 1. The van der Waals surface area contributed by atoms with Gasteiger partial charge in [0.2, 0.25) is 5.91 Å². The predicted octanol–water partition coefficient (Wildman–Crippen LogP) is 0.870. The average Bonchev–Trinajstić information content (AvgIpc) is 3.00. The molecule has 132 valence electrons. The highest BCUT2D eigenvalue weighted by molar-refractivity contribution is 5.85. The van der Waals surface area contributed by atoms with Crippen molar-refractivity contribution in [1.29, 1.82) is 0 Å². The third-order valence-corrected chi connectivity index (χ3v) is 4.26. The molecule has 1 saturated heterocycles. The van der Waals surface area contributed by atoms with Crippen LogP contribution < -0.4 is 5.32 Å². The Kier molecular flexibility index (Phi) is 8.69. The highest BCUT2D eigenvalue weighted by Crippen LogP contribution is 2.17. The summed E-state index contributed by atoms with van der Waals surface area (Å²) >= 11 is 0. The van der Waals surface area contributed by atoms with Crippen LogP contribution in [0.1, 0.15) is 20.3 Å². The molecule has 1 N–H and O–H groups in total. The molecule has 1 unspecified atom stereocenters. The summed E-state index contributed by atoms with van der Waals surface area (Å²) in [5, 5.41) is 3.28. The minimum absolute atomic E-state index is 0.0155. The maximum Gasteiger partial charge on any atom is 0.243 e. The monoisotopic (exact) mass is 323 g/mol. The molecule has 1 amide bonds. The van der Waals surface area contributed by atoms with Crippen molar-refractivity contribution in [3.63, 3.8) is 0 Å². The summed E-state index contributed by atoms with van der Waals surface area (Å²) < 4.78 is 0. The maximum atomic E-state index is 11.8. The number of guanidine groups is 1. The minimum Gasteiger partial charge on any atom is -0.353 e. The van der Waals surface area contributed by atoms with Gasteiger partial charge in [-0.2, -0.15) is 0 Å². The molecule has 6 heteroatoms. The van der Waals surface area contributed by atoms with E-state index in [9.17, 15) is 4.79 Å². The molecule has 1 heterocycles. The second-order valence-electron chi connectivity index (χ2n) is 6.18. The lowest BCUT2D eigenvalue weighted by molar-refractivity contribution is -0.127. The van der Waals surface area contributed by atoms with Crippen LogP contribution in [0, 0.1) is 5.92 Å². The highest BCUT2D eigenvalue weighted by atomic mass is 16.2. The molecule has 6 nitrogen and oxygen atoms in total. The summed E-state index contributed by atoms with van der Waals surface area (Å²) in [5.41, 5.74) is 0. The van der Waals surface area contributed by atoms with E-state index in [-0.39, 0.29) is 12.5 Å². The largest absolute Gasteiger partial charge is 0.353 e. The number of likely N-dealkylation sites (tertiary alicyclic amines) is 1. The quantitative estimate of drug-likeness (QED) is 0.409. The molecule has 0 aliphatic carbocycles. The zero-order chi connectivity index (χ0) is 17.2. The zero-order valence-electron chi connectivity index (χ0n) is 15.2. The van der Waals surface area contributed by atoms with Gasteiger partial charge in [0.15, 0.2) is 5.96 Å². The molecule has 1 aliphatic heterocycles. The van der Waals surface area contributed by atoms with Crippen LogP contribution in [-0.2, 0) is 4.79 Å². The Morgan fingerprint density at radius 1 is 1.39 bits per heavy atom. The van der Waals surface area contributed by atoms with Crippen molar-refractivity contribution in [2.45, 2.75) is 20.3 Å². The molecule has 23 heavy (non-hydrogen) atoms. The first-order valence-electron chi connectivity index (χ1n) is 8.58. The van der Waals surface area contributed by atoms with Gasteiger partial charge < -0.3 is 20.0 Å². The molecule has 0 aromatic carbocycles. The first-order valence-corrected chi connectivity index (χ1v) is 8.58. The summed E-state index contributed by atoms with van der Waals surface area (Å²) in [5.74, 6) is 1.50. The van der Waals surface area contributed by atoms with Gasteiger partial charge in [-0.3, -0.25) is 4.79 Å². The average molecular weight is 323 g/mol. The molecular weight excluding hydrogens is 290 g/mol. The molecule has 1 aliphatic rings. The third kappa shape index (κ3) is 6.60. The number of carbonyl (C=O) groups is 1. The Balaban J connectivity index is 2.63. The lowest BCUT2D eigenvalue weighted by Gasteiger charge is -2.24. The van der Waals surface area contributed by atoms with Crippen molar-refractivity contribution in [3.05, 3.63) is 12.7 Å². The summed E-state index contributed by atoms with van der Waals surface area (Å²) in [7, 11) is 3.51. The van der Waals surface area contributed by atoms with Gasteiger partial charge in [0.25, 0.3) is 0 Å². The molecule has 0 radical (unpaired) electrons. The van der Waals surface area contributed by atoms with Crippen LogP contribution in [0.5, 0.6) is 0 Å². The van der Waals surface area contributed by atoms with Crippen LogP contribution in [-0.4, -0.2) is 86.5 Å². The molecule has 0 spiro atoms. The van der Waals surface area contributed by atoms with Crippen LogP contribution in [0.3, 0.4) is 0 Å². The van der Waals surface area contributed by atoms with Crippen LogP contribution in [0.15, 0.2) is 17.6 Å². The van der Waals surface area contributed by atoms with E-state index in [1.807, 2.05) is 6.08 Å². The number of aliphatic imine (C=N–C) groups is 1. The number of amides is 1. The van der Waals surface area contributed by atoms with Gasteiger partial charge in [0.1, 0.15) is 6.54 Å². The van der Waals surface area contributed by atoms with Gasteiger partial charge in [0, 0.05) is 40.3 Å². The van der Waals surface area contributed by atoms with Crippen molar-refractivity contribution < 1.29 is 4.79 Å². The Hall–Kier alpha value is -1.56. The molecule has 0 aromatic rings. The smallest absolute Gasteiger partial charge is 0.243 e. The van der Waals surface area contributed by atoms with Crippen molar-refractivity contribution in [2.24, 2.45) is 10.9 Å². The van der Waals surface area contributed by atoms with E-state index in [1.54, 1.807) is 19.0 Å². The van der Waals surface area contributed by atoms with Crippen molar-refractivity contribution >= 4 is 11.9 Å². The Morgan fingerprint density at radius 2 is 2.09 bits per heavy atom. The molecule has 0 saturated carbocycles. The SMILES string of the molecule is C=CCNC(=NCC(=O)N(C)C)N1CCC(CN(CC)CC)C1. The third-order valence-electron chi connectivity index (χ3n) is 4.26. The fourth-order valence-electron chi connectivity index (χ4n) is 2.74. The number of hydrogen-bond acceptors (Lipinski definition) is 3. The highest BCUT2D eigenvalue weighted by Gasteiger charge is 2.26. The zero-order valence-corrected chi connectivity index (χ0v) is 15.2. The van der Waals surface area contributed by atoms with E-state index in [0.717, 1.165) is 38.7 Å². The summed E-state index contributed by atoms with van der Waals surface area (Å²) in [6.45, 7) is 14.3. The molecular formula is C17H33N5O. The number of nitrogens with one attached hydrogen (secondary N) is 1. The normalized spacial score (nSPS) is 18.4. The summed E-state index contributed by atoms with van der Waals surface area (Å²) in [6, 6.07) is 0. The van der Waals surface area contributed by atoms with Gasteiger partial charge in [0.05, 0.1) is 0 Å². The number of likely N-dealkylation sites (N-methyl/N-ethyl adjacent to an activating group) is 1. The van der Waals surface area contributed by atoms with Crippen LogP contribution in [0.2, 0.25) is 0 Å². The number of nitrogens with zero attached hydrogens (tertiary/aromatic N) is 4. The van der Waals surface area contributed by atoms with Crippen molar-refractivity contribution in [1.82, 2.24) is 20.0 Å². The first kappa shape index (κ1) is 19.5. The van der Waals surface area contributed by atoms with Gasteiger partial charge in [-0.05, 0) is 25.4 Å². The van der Waals surface area contributed by atoms with Crippen LogP contribution in [0.4, 0.5) is 0 Å². The van der Waals surface area contributed by atoms with Gasteiger partial charge >= 0.3 is 0 Å². The van der Waals surface area contributed by atoms with Crippen LogP contribution in [0.25, 0.3) is 0 Å². The van der Waals surface area contributed by atoms with E-state index in [4.69, 9.17) is 0 Å². The first-order chi connectivity index (χ1) is 11.0. The maximum absolute atomic E-state index is 11.8. The lowest BCUT2D eigenvalue weighted by atomic mass is 10.1. The predicted molar refractivity (Wildman–Crippen MR) is 96.7 cm³/mol. The minimum atomic E-state index is 0.0155. The lowest BCUT2D eigenvalue weighted by Crippen LogP contribution is -2.41. The van der Waals surface area contributed by atoms with Crippen LogP contribution >= 0.6 is 0 Å². The fraction of sp³-hybridized carbons (Fsp3) is 0.765. The molecule has 1 rings (SSSR count). The van der Waals surface area contributed by atoms with Crippen molar-refractivity contribution in [3.8, 4) is 0 Å². The summed E-state index contributed by atoms with van der Waals surface area (Å²) in [4.78, 5) is 22.6. The Labute approximate surface area is 141 Å². The van der Waals surface area contributed by atoms with E-state index in [0.29, 0.717) is 12.5 Å². The standard InChI is InChI=1S/C17H33N5O/c1-6-10-18-17(19-12-16(23)20(4)5)22-11-9-15(14-22)13-21(7-2)8-3/h6,15H,1,7-14H2,2-5H3,(H,18,19). The fourth-order valence-corrected chi connectivity index (χ4v) is 2.74. The summed E-state index contributed by atoms with van der Waals surface area (Å²) in [6.07, 6.45) is 2.99.